The molecule has 214 valence electrons. The number of imidazole rings is 1. The number of alkyl halides is 3. The van der Waals surface area contributed by atoms with Gasteiger partial charge in [-0.15, -0.1) is 0 Å². The molecule has 0 bridgehead atoms. The van der Waals surface area contributed by atoms with Crippen LogP contribution in [0.1, 0.15) is 11.1 Å². The third-order valence-corrected chi connectivity index (χ3v) is 6.35. The van der Waals surface area contributed by atoms with E-state index in [4.69, 9.17) is 4.74 Å². The highest BCUT2D eigenvalue weighted by Gasteiger charge is 2.34. The summed E-state index contributed by atoms with van der Waals surface area (Å²) in [6.07, 6.45) is 1.29. The van der Waals surface area contributed by atoms with Crippen molar-refractivity contribution in [2.24, 2.45) is 0 Å². The lowest BCUT2D eigenvalue weighted by Crippen LogP contribution is -2.08. The highest BCUT2D eigenvalue weighted by Crippen LogP contribution is 2.39. The quantitative estimate of drug-likeness (QED) is 0.111. The van der Waals surface area contributed by atoms with E-state index < -0.39 is 29.3 Å². The third kappa shape index (κ3) is 6.30. The number of nitrogens with zero attached hydrogens (tertiary/aromatic N) is 3. The van der Waals surface area contributed by atoms with E-state index in [0.717, 1.165) is 23.8 Å². The normalized spacial score (nSPS) is 11.8. The number of pyridine rings is 1. The summed E-state index contributed by atoms with van der Waals surface area (Å²) in [5, 5.41) is 0. The number of fused-ring (bicyclic) bond motifs is 1. The Morgan fingerprint density at radius 3 is 2.45 bits per heavy atom. The van der Waals surface area contributed by atoms with Crippen molar-refractivity contribution in [3.63, 3.8) is 0 Å². The number of ether oxygens (including phenoxy) is 2. The summed E-state index contributed by atoms with van der Waals surface area (Å²) in [6, 6.07) is 15.8. The predicted molar refractivity (Wildman–Crippen MR) is 145 cm³/mol. The Bertz CT molecular complexity index is 1730. The van der Waals surface area contributed by atoms with Crippen LogP contribution in [0.5, 0.6) is 5.75 Å². The lowest BCUT2D eigenvalue weighted by atomic mass is 9.98. The van der Waals surface area contributed by atoms with Gasteiger partial charge in [-0.3, -0.25) is 0 Å². The lowest BCUT2D eigenvalue weighted by molar-refractivity contribution is -0.137. The monoisotopic (exact) mass is 579 g/mol. The molecule has 2 heterocycles. The molecule has 0 fully saturated rings. The number of benzene rings is 3. The first-order valence-electron chi connectivity index (χ1n) is 12.6. The van der Waals surface area contributed by atoms with Gasteiger partial charge in [0.15, 0.2) is 17.5 Å². The Morgan fingerprint density at radius 1 is 0.952 bits per heavy atom. The molecule has 0 radical (unpaired) electrons. The van der Waals surface area contributed by atoms with Gasteiger partial charge in [0.1, 0.15) is 18.1 Å². The van der Waals surface area contributed by atoms with Crippen molar-refractivity contribution in [3.8, 4) is 39.7 Å². The fourth-order valence-electron chi connectivity index (χ4n) is 4.30. The highest BCUT2D eigenvalue weighted by atomic mass is 19.4. The predicted octanol–water partition coefficient (Wildman–Crippen LogP) is 7.17. The average Bonchev–Trinajstić information content (AvgIpc) is 3.40. The van der Waals surface area contributed by atoms with Crippen LogP contribution in [0.3, 0.4) is 0 Å². The minimum atomic E-state index is -4.63. The summed E-state index contributed by atoms with van der Waals surface area (Å²) in [6.45, 7) is 0.272. The molecule has 0 unspecified atom stereocenters. The average molecular weight is 580 g/mol. The molecule has 2 aliphatic heterocycles. The third-order valence-electron chi connectivity index (χ3n) is 6.35. The van der Waals surface area contributed by atoms with Gasteiger partial charge in [-0.2, -0.15) is 13.2 Å². The Labute approximate surface area is 237 Å². The lowest BCUT2D eigenvalue weighted by Gasteiger charge is -2.15. The molecule has 6 nitrogen and oxygen atoms in total. The molecule has 0 saturated heterocycles. The smallest absolute Gasteiger partial charge is 0.417 e. The van der Waals surface area contributed by atoms with Crippen molar-refractivity contribution in [2.45, 2.75) is 12.7 Å². The van der Waals surface area contributed by atoms with Gasteiger partial charge in [-0.25, -0.2) is 23.5 Å². The molecule has 5 rings (SSSR count). The fraction of sp³-hybridized carbons (Fsp3) is 0.129. The number of methoxy groups -OCH3 is 1. The molecule has 0 amide bonds. The van der Waals surface area contributed by atoms with Crippen LogP contribution in [-0.2, 0) is 22.3 Å². The maximum atomic E-state index is 14.2. The molecule has 0 aromatic heterocycles. The van der Waals surface area contributed by atoms with E-state index in [1.165, 1.54) is 37.5 Å². The van der Waals surface area contributed by atoms with Crippen LogP contribution in [0.2, 0.25) is 0 Å². The van der Waals surface area contributed by atoms with Gasteiger partial charge >= 0.3 is 12.1 Å². The SMILES string of the molecule is COC(=O)C=CCOc1ccc(-c2ccc(Cn3ccc4nc(-c5cccc(F)c5F)nc-4c3)cc2)c(C(F)(F)F)c1. The van der Waals surface area contributed by atoms with E-state index in [1.807, 2.05) is 0 Å². The first-order chi connectivity index (χ1) is 20.1. The molecule has 0 atom stereocenters. The maximum absolute atomic E-state index is 14.2. The number of aromatic nitrogens is 3. The van der Waals surface area contributed by atoms with Crippen molar-refractivity contribution < 1.29 is 36.2 Å². The molecule has 0 saturated carbocycles. The Hall–Kier alpha value is -5.06. The zero-order chi connectivity index (χ0) is 29.9. The zero-order valence-electron chi connectivity index (χ0n) is 22.0. The fourth-order valence-corrected chi connectivity index (χ4v) is 4.30. The van der Waals surface area contributed by atoms with Gasteiger partial charge in [-0.05, 0) is 53.1 Å². The van der Waals surface area contributed by atoms with Crippen LogP contribution in [0.25, 0.3) is 33.9 Å². The minimum absolute atomic E-state index is 0.00269. The number of halogens is 5. The van der Waals surface area contributed by atoms with Gasteiger partial charge in [0.25, 0.3) is 0 Å². The molecule has 0 aliphatic carbocycles. The molecule has 0 spiro atoms. The van der Waals surface area contributed by atoms with Gasteiger partial charge in [0.05, 0.1) is 23.9 Å². The van der Waals surface area contributed by atoms with Crippen LogP contribution in [0.4, 0.5) is 22.0 Å². The second-order valence-electron chi connectivity index (χ2n) is 9.17. The molecule has 42 heavy (non-hydrogen) atoms. The van der Waals surface area contributed by atoms with Crippen molar-refractivity contribution >= 4 is 5.97 Å². The summed E-state index contributed by atoms with van der Waals surface area (Å²) in [5.74, 6) is -2.54. The van der Waals surface area contributed by atoms with Crippen LogP contribution in [0.15, 0.2) is 91.3 Å². The van der Waals surface area contributed by atoms with Crippen LogP contribution in [-0.4, -0.2) is 34.2 Å². The summed E-state index contributed by atoms with van der Waals surface area (Å²) in [7, 11) is 1.21. The van der Waals surface area contributed by atoms with E-state index in [0.29, 0.717) is 23.5 Å². The molecule has 3 aromatic rings. The number of hydrogen-bond acceptors (Lipinski definition) is 5. The van der Waals surface area contributed by atoms with Crippen molar-refractivity contribution in [2.75, 3.05) is 13.7 Å². The Balaban J connectivity index is 1.33. The zero-order valence-corrected chi connectivity index (χ0v) is 22.0. The first-order valence-corrected chi connectivity index (χ1v) is 12.6. The largest absolute Gasteiger partial charge is 0.490 e. The van der Waals surface area contributed by atoms with Crippen LogP contribution < -0.4 is 4.74 Å². The summed E-state index contributed by atoms with van der Waals surface area (Å²) >= 11 is 0. The van der Waals surface area contributed by atoms with Gasteiger partial charge in [0.2, 0.25) is 0 Å². The number of carbonyl (C=O) groups is 1. The number of carbonyl (C=O) groups excluding carboxylic acids is 1. The molecule has 2 aliphatic rings. The Morgan fingerprint density at radius 2 is 1.71 bits per heavy atom. The first kappa shape index (κ1) is 28.5. The van der Waals surface area contributed by atoms with E-state index in [9.17, 15) is 26.7 Å². The van der Waals surface area contributed by atoms with E-state index in [1.54, 1.807) is 47.3 Å². The summed E-state index contributed by atoms with van der Waals surface area (Å²) in [5.41, 5.74) is 1.26. The molecular weight excluding hydrogens is 557 g/mol. The van der Waals surface area contributed by atoms with Crippen LogP contribution in [0, 0.1) is 11.6 Å². The van der Waals surface area contributed by atoms with Gasteiger partial charge < -0.3 is 14.0 Å². The van der Waals surface area contributed by atoms with E-state index >= 15 is 0 Å². The molecule has 0 N–H and O–H groups in total. The standard InChI is InChI=1S/C31H22F5N3O3/c1-41-28(40)6-3-15-42-21-11-12-22(24(16-21)31(34,35)36)20-9-7-19(8-10-20)17-39-14-13-26-27(18-39)38-30(37-26)23-4-2-5-25(32)29(23)33/h2-14,16,18H,15,17H2,1H3. The highest BCUT2D eigenvalue weighted by molar-refractivity contribution is 5.81. The molecule has 3 aromatic carbocycles. The van der Waals surface area contributed by atoms with Gasteiger partial charge in [-0.1, -0.05) is 36.4 Å². The summed E-state index contributed by atoms with van der Waals surface area (Å²) in [4.78, 5) is 19.7. The second kappa shape index (κ2) is 11.8. The van der Waals surface area contributed by atoms with E-state index in [2.05, 4.69) is 14.7 Å². The van der Waals surface area contributed by atoms with Crippen molar-refractivity contribution in [1.82, 2.24) is 14.5 Å². The number of rotatable bonds is 8. The Kier molecular flexibility index (Phi) is 8.01. The van der Waals surface area contributed by atoms with Crippen molar-refractivity contribution in [1.29, 1.82) is 0 Å². The topological polar surface area (TPSA) is 66.2 Å². The number of hydrogen-bond donors (Lipinski definition) is 0. The maximum Gasteiger partial charge on any atom is 0.417 e. The molecule has 11 heteroatoms. The van der Waals surface area contributed by atoms with Gasteiger partial charge in [0, 0.05) is 25.0 Å². The van der Waals surface area contributed by atoms with Crippen molar-refractivity contribution in [3.05, 3.63) is 114 Å². The number of esters is 1. The summed E-state index contributed by atoms with van der Waals surface area (Å²) < 4.78 is 81.2. The molecular formula is C31H22F5N3O3. The minimum Gasteiger partial charge on any atom is -0.490 e. The van der Waals surface area contributed by atoms with E-state index in [-0.39, 0.29) is 29.3 Å². The van der Waals surface area contributed by atoms with Crippen LogP contribution >= 0.6 is 0 Å². The second-order valence-corrected chi connectivity index (χ2v) is 9.17.